The third kappa shape index (κ3) is 2.98. The molecule has 0 saturated heterocycles. The lowest BCUT2D eigenvalue weighted by Crippen LogP contribution is -2.40. The van der Waals surface area contributed by atoms with Crippen molar-refractivity contribution in [2.24, 2.45) is 0 Å². The summed E-state index contributed by atoms with van der Waals surface area (Å²) in [5, 5.41) is 3.07. The van der Waals surface area contributed by atoms with Gasteiger partial charge in [-0.2, -0.15) is 0 Å². The summed E-state index contributed by atoms with van der Waals surface area (Å²) in [4.78, 5) is 12.1. The number of amides is 1. The maximum Gasteiger partial charge on any atom is 0.252 e. The molecule has 1 fully saturated rings. The maximum absolute atomic E-state index is 12.1. The van der Waals surface area contributed by atoms with E-state index in [1.807, 2.05) is 24.3 Å². The van der Waals surface area contributed by atoms with Crippen LogP contribution >= 0.6 is 22.6 Å². The molecule has 0 aromatic heterocycles. The highest BCUT2D eigenvalue weighted by Gasteiger charge is 2.28. The van der Waals surface area contributed by atoms with Crippen LogP contribution in [0.4, 0.5) is 0 Å². The van der Waals surface area contributed by atoms with Crippen molar-refractivity contribution in [3.05, 3.63) is 33.4 Å². The Morgan fingerprint density at radius 3 is 2.88 bits per heavy atom. The van der Waals surface area contributed by atoms with Gasteiger partial charge in [-0.1, -0.05) is 12.1 Å². The van der Waals surface area contributed by atoms with Crippen molar-refractivity contribution in [3.63, 3.8) is 0 Å². The van der Waals surface area contributed by atoms with Gasteiger partial charge in [0.25, 0.3) is 5.91 Å². The third-order valence-corrected chi connectivity index (χ3v) is 4.13. The van der Waals surface area contributed by atoms with Gasteiger partial charge in [0.2, 0.25) is 0 Å². The first-order chi connectivity index (χ1) is 8.22. The third-order valence-electron chi connectivity index (χ3n) is 3.19. The molecular formula is C13H16INO2. The molecule has 17 heavy (non-hydrogen) atoms. The average molecular weight is 345 g/mol. The van der Waals surface area contributed by atoms with Crippen LogP contribution in [0, 0.1) is 3.57 Å². The number of carbonyl (C=O) groups excluding carboxylic acids is 1. The molecule has 0 spiro atoms. The molecule has 2 unspecified atom stereocenters. The average Bonchev–Trinajstić information content (AvgIpc) is 2.76. The Hall–Kier alpha value is -0.620. The maximum atomic E-state index is 12.1. The quantitative estimate of drug-likeness (QED) is 0.856. The highest BCUT2D eigenvalue weighted by molar-refractivity contribution is 14.1. The number of rotatable bonds is 3. The topological polar surface area (TPSA) is 38.3 Å². The summed E-state index contributed by atoms with van der Waals surface area (Å²) in [5.74, 6) is 0.00366. The first kappa shape index (κ1) is 12.8. The van der Waals surface area contributed by atoms with Gasteiger partial charge in [0, 0.05) is 10.7 Å². The summed E-state index contributed by atoms with van der Waals surface area (Å²) in [5.41, 5.74) is 0.745. The van der Waals surface area contributed by atoms with Crippen LogP contribution in [0.3, 0.4) is 0 Å². The Morgan fingerprint density at radius 1 is 1.41 bits per heavy atom. The molecule has 1 aromatic rings. The lowest BCUT2D eigenvalue weighted by molar-refractivity contribution is 0.0721. The first-order valence-electron chi connectivity index (χ1n) is 5.80. The number of carbonyl (C=O) groups is 1. The predicted molar refractivity (Wildman–Crippen MR) is 75.1 cm³/mol. The van der Waals surface area contributed by atoms with Gasteiger partial charge in [-0.25, -0.2) is 0 Å². The standard InChI is InChI=1S/C13H16INO2/c1-17-12-8-4-7-11(12)15-13(16)9-5-2-3-6-10(9)14/h2-3,5-6,11-12H,4,7-8H2,1H3,(H,15,16). The molecule has 1 saturated carbocycles. The van der Waals surface area contributed by atoms with E-state index < -0.39 is 0 Å². The monoisotopic (exact) mass is 345 g/mol. The summed E-state index contributed by atoms with van der Waals surface area (Å²) in [6.45, 7) is 0. The zero-order chi connectivity index (χ0) is 12.3. The van der Waals surface area contributed by atoms with Crippen molar-refractivity contribution in [3.8, 4) is 0 Å². The molecule has 0 heterocycles. The van der Waals surface area contributed by atoms with E-state index in [4.69, 9.17) is 4.74 Å². The molecule has 0 radical (unpaired) electrons. The molecular weight excluding hydrogens is 329 g/mol. The van der Waals surface area contributed by atoms with Gasteiger partial charge < -0.3 is 10.1 Å². The summed E-state index contributed by atoms with van der Waals surface area (Å²) < 4.78 is 6.36. The number of hydrogen-bond donors (Lipinski definition) is 1. The largest absolute Gasteiger partial charge is 0.379 e. The fourth-order valence-corrected chi connectivity index (χ4v) is 2.90. The van der Waals surface area contributed by atoms with E-state index in [0.717, 1.165) is 28.4 Å². The van der Waals surface area contributed by atoms with E-state index >= 15 is 0 Å². The van der Waals surface area contributed by atoms with Crippen molar-refractivity contribution in [2.45, 2.75) is 31.4 Å². The minimum absolute atomic E-state index is 0.00366. The molecule has 92 valence electrons. The van der Waals surface area contributed by atoms with Gasteiger partial charge in [-0.3, -0.25) is 4.79 Å². The van der Waals surface area contributed by atoms with E-state index in [1.54, 1.807) is 7.11 Å². The van der Waals surface area contributed by atoms with Crippen LogP contribution in [0.25, 0.3) is 0 Å². The minimum atomic E-state index is 0.00366. The summed E-state index contributed by atoms with van der Waals surface area (Å²) >= 11 is 2.18. The molecule has 1 aliphatic carbocycles. The van der Waals surface area contributed by atoms with E-state index in [9.17, 15) is 4.79 Å². The van der Waals surface area contributed by atoms with Crippen molar-refractivity contribution in [1.29, 1.82) is 0 Å². The van der Waals surface area contributed by atoms with Crippen LogP contribution in [-0.2, 0) is 4.74 Å². The second-order valence-corrected chi connectivity index (χ2v) is 5.43. The number of ether oxygens (including phenoxy) is 1. The van der Waals surface area contributed by atoms with Gasteiger partial charge in [0.15, 0.2) is 0 Å². The molecule has 1 amide bonds. The Morgan fingerprint density at radius 2 is 2.18 bits per heavy atom. The first-order valence-corrected chi connectivity index (χ1v) is 6.88. The number of benzene rings is 1. The molecule has 2 rings (SSSR count). The minimum Gasteiger partial charge on any atom is -0.379 e. The number of hydrogen-bond acceptors (Lipinski definition) is 2. The predicted octanol–water partition coefficient (Wildman–Crippen LogP) is 2.59. The summed E-state index contributed by atoms with van der Waals surface area (Å²) in [7, 11) is 1.71. The molecule has 2 atom stereocenters. The summed E-state index contributed by atoms with van der Waals surface area (Å²) in [6.07, 6.45) is 3.33. The van der Waals surface area contributed by atoms with E-state index in [0.29, 0.717) is 0 Å². The highest BCUT2D eigenvalue weighted by Crippen LogP contribution is 2.22. The zero-order valence-electron chi connectivity index (χ0n) is 9.78. The van der Waals surface area contributed by atoms with Crippen LogP contribution in [0.1, 0.15) is 29.6 Å². The Balaban J connectivity index is 2.04. The molecule has 0 aliphatic heterocycles. The smallest absolute Gasteiger partial charge is 0.252 e. The molecule has 1 aliphatic rings. The second-order valence-electron chi connectivity index (χ2n) is 4.26. The molecule has 4 heteroatoms. The molecule has 0 bridgehead atoms. The summed E-state index contributed by atoms with van der Waals surface area (Å²) in [6, 6.07) is 7.78. The van der Waals surface area contributed by atoms with Crippen molar-refractivity contribution in [1.82, 2.24) is 5.32 Å². The Bertz CT molecular complexity index is 408. The van der Waals surface area contributed by atoms with Crippen LogP contribution in [0.15, 0.2) is 24.3 Å². The highest BCUT2D eigenvalue weighted by atomic mass is 127. The zero-order valence-corrected chi connectivity index (χ0v) is 11.9. The normalized spacial score (nSPS) is 23.6. The Kier molecular flexibility index (Phi) is 4.39. The lowest BCUT2D eigenvalue weighted by Gasteiger charge is -2.19. The van der Waals surface area contributed by atoms with E-state index in [2.05, 4.69) is 27.9 Å². The van der Waals surface area contributed by atoms with Crippen LogP contribution in [0.5, 0.6) is 0 Å². The number of halogens is 1. The van der Waals surface area contributed by atoms with Crippen LogP contribution < -0.4 is 5.32 Å². The molecule has 3 nitrogen and oxygen atoms in total. The van der Waals surface area contributed by atoms with Crippen LogP contribution in [-0.4, -0.2) is 25.2 Å². The lowest BCUT2D eigenvalue weighted by atomic mass is 10.1. The van der Waals surface area contributed by atoms with Crippen molar-refractivity contribution in [2.75, 3.05) is 7.11 Å². The van der Waals surface area contributed by atoms with E-state index in [1.165, 1.54) is 0 Å². The SMILES string of the molecule is COC1CCCC1NC(=O)c1ccccc1I. The van der Waals surface area contributed by atoms with Gasteiger partial charge in [0.1, 0.15) is 0 Å². The van der Waals surface area contributed by atoms with Crippen LogP contribution in [0.2, 0.25) is 0 Å². The van der Waals surface area contributed by atoms with Crippen molar-refractivity contribution < 1.29 is 9.53 Å². The van der Waals surface area contributed by atoms with Gasteiger partial charge in [0.05, 0.1) is 17.7 Å². The number of methoxy groups -OCH3 is 1. The van der Waals surface area contributed by atoms with Crippen molar-refractivity contribution >= 4 is 28.5 Å². The number of nitrogens with one attached hydrogen (secondary N) is 1. The fourth-order valence-electron chi connectivity index (χ4n) is 2.26. The molecule has 1 N–H and O–H groups in total. The van der Waals surface area contributed by atoms with Gasteiger partial charge in [-0.05, 0) is 54.0 Å². The van der Waals surface area contributed by atoms with E-state index in [-0.39, 0.29) is 18.1 Å². The fraction of sp³-hybridized carbons (Fsp3) is 0.462. The second kappa shape index (κ2) is 5.82. The van der Waals surface area contributed by atoms with Gasteiger partial charge in [-0.15, -0.1) is 0 Å². The molecule has 1 aromatic carbocycles. The van der Waals surface area contributed by atoms with Gasteiger partial charge >= 0.3 is 0 Å². The Labute approximate surface area is 115 Å².